The molecule has 0 saturated carbocycles. The van der Waals surface area contributed by atoms with E-state index in [1.54, 1.807) is 0 Å². The largest absolute Gasteiger partial charge is 0.394 e. The Labute approximate surface area is 101 Å². The van der Waals surface area contributed by atoms with E-state index in [0.29, 0.717) is 6.04 Å². The molecular weight excluding hydrogens is 244 g/mol. The van der Waals surface area contributed by atoms with Gasteiger partial charge < -0.3 is 0 Å². The summed E-state index contributed by atoms with van der Waals surface area (Å²) in [7, 11) is -4.67. The number of hydrogen-bond donors (Lipinski definition) is 4. The molecule has 0 aliphatic rings. The standard InChI is InChI=1S/C10H16N2.H2O4S/c1-9(12-11)7-8-10-5-3-2-4-6-10;1-5(2,3)4/h2-6,9,12H,7-8,11H2,1H3;(H2,1,2,3,4). The summed E-state index contributed by atoms with van der Waals surface area (Å²) < 4.78 is 31.6. The highest BCUT2D eigenvalue weighted by molar-refractivity contribution is 7.79. The Morgan fingerprint density at radius 3 is 2.18 bits per heavy atom. The van der Waals surface area contributed by atoms with Gasteiger partial charge in [-0.15, -0.1) is 0 Å². The minimum atomic E-state index is -4.67. The fourth-order valence-electron chi connectivity index (χ4n) is 1.11. The summed E-state index contributed by atoms with van der Waals surface area (Å²) in [5.41, 5.74) is 4.11. The van der Waals surface area contributed by atoms with Crippen LogP contribution in [0.1, 0.15) is 18.9 Å². The first-order valence-electron chi connectivity index (χ1n) is 5.03. The van der Waals surface area contributed by atoms with Gasteiger partial charge in [0, 0.05) is 6.04 Å². The molecular formula is C10H18N2O4S. The van der Waals surface area contributed by atoms with Crippen LogP contribution in [0.4, 0.5) is 0 Å². The molecule has 0 heterocycles. The summed E-state index contributed by atoms with van der Waals surface area (Å²) in [6, 6.07) is 10.8. The first kappa shape index (κ1) is 16.0. The molecule has 0 saturated heterocycles. The third kappa shape index (κ3) is 12.9. The average molecular weight is 262 g/mol. The average Bonchev–Trinajstić information content (AvgIpc) is 2.25. The van der Waals surface area contributed by atoms with Crippen LogP contribution in [0.25, 0.3) is 0 Å². The summed E-state index contributed by atoms with van der Waals surface area (Å²) in [5.74, 6) is 5.29. The zero-order valence-electron chi connectivity index (χ0n) is 9.57. The molecule has 98 valence electrons. The van der Waals surface area contributed by atoms with Crippen LogP contribution >= 0.6 is 0 Å². The molecule has 0 bridgehead atoms. The lowest BCUT2D eigenvalue weighted by Crippen LogP contribution is -2.32. The van der Waals surface area contributed by atoms with Gasteiger partial charge >= 0.3 is 10.4 Å². The molecule has 5 N–H and O–H groups in total. The monoisotopic (exact) mass is 262 g/mol. The van der Waals surface area contributed by atoms with Crippen LogP contribution in [0.5, 0.6) is 0 Å². The summed E-state index contributed by atoms with van der Waals surface area (Å²) in [6.07, 6.45) is 2.17. The third-order valence-corrected chi connectivity index (χ3v) is 1.99. The Bertz CT molecular complexity index is 386. The van der Waals surface area contributed by atoms with Crippen molar-refractivity contribution >= 4 is 10.4 Å². The number of nitrogens with one attached hydrogen (secondary N) is 1. The first-order valence-corrected chi connectivity index (χ1v) is 6.42. The van der Waals surface area contributed by atoms with E-state index in [-0.39, 0.29) is 0 Å². The second-order valence-electron chi connectivity index (χ2n) is 3.54. The van der Waals surface area contributed by atoms with Gasteiger partial charge in [-0.2, -0.15) is 8.42 Å². The molecule has 0 aliphatic heterocycles. The van der Waals surface area contributed by atoms with Crippen LogP contribution in [0, 0.1) is 0 Å². The molecule has 0 amide bonds. The van der Waals surface area contributed by atoms with Crippen molar-refractivity contribution in [2.45, 2.75) is 25.8 Å². The van der Waals surface area contributed by atoms with Crippen molar-refractivity contribution in [3.8, 4) is 0 Å². The van der Waals surface area contributed by atoms with Gasteiger partial charge in [-0.25, -0.2) is 0 Å². The molecule has 0 spiro atoms. The smallest absolute Gasteiger partial charge is 0.271 e. The lowest BCUT2D eigenvalue weighted by atomic mass is 10.1. The van der Waals surface area contributed by atoms with Crippen molar-refractivity contribution in [2.75, 3.05) is 0 Å². The van der Waals surface area contributed by atoms with E-state index >= 15 is 0 Å². The molecule has 0 fully saturated rings. The van der Waals surface area contributed by atoms with Crippen molar-refractivity contribution in [1.29, 1.82) is 0 Å². The summed E-state index contributed by atoms with van der Waals surface area (Å²) in [6.45, 7) is 2.09. The van der Waals surface area contributed by atoms with Crippen molar-refractivity contribution in [1.82, 2.24) is 5.43 Å². The number of benzene rings is 1. The number of aryl methyl sites for hydroxylation is 1. The Kier molecular flexibility index (Phi) is 7.68. The van der Waals surface area contributed by atoms with Gasteiger partial charge in [0.05, 0.1) is 0 Å². The molecule has 1 atom stereocenters. The number of nitrogens with two attached hydrogens (primary N) is 1. The van der Waals surface area contributed by atoms with Crippen LogP contribution in [-0.2, 0) is 16.8 Å². The third-order valence-electron chi connectivity index (χ3n) is 1.99. The van der Waals surface area contributed by atoms with E-state index in [1.807, 2.05) is 6.07 Å². The molecule has 1 aromatic carbocycles. The number of hydrazine groups is 1. The highest BCUT2D eigenvalue weighted by atomic mass is 32.3. The second kappa shape index (κ2) is 8.15. The zero-order valence-corrected chi connectivity index (χ0v) is 10.4. The lowest BCUT2D eigenvalue weighted by Gasteiger charge is -2.08. The maximum Gasteiger partial charge on any atom is 0.394 e. The van der Waals surface area contributed by atoms with E-state index in [0.717, 1.165) is 12.8 Å². The van der Waals surface area contributed by atoms with Crippen LogP contribution in [0.15, 0.2) is 30.3 Å². The minimum absolute atomic E-state index is 0.394. The summed E-state index contributed by atoms with van der Waals surface area (Å²) in [4.78, 5) is 0. The van der Waals surface area contributed by atoms with Crippen LogP contribution in [0.2, 0.25) is 0 Å². The quantitative estimate of drug-likeness (QED) is 0.363. The lowest BCUT2D eigenvalue weighted by molar-refractivity contribution is 0.381. The molecule has 6 nitrogen and oxygen atoms in total. The predicted octanol–water partition coefficient (Wildman–Crippen LogP) is 0.818. The van der Waals surface area contributed by atoms with Crippen molar-refractivity contribution in [3.63, 3.8) is 0 Å². The van der Waals surface area contributed by atoms with Gasteiger partial charge in [-0.05, 0) is 25.3 Å². The summed E-state index contributed by atoms with van der Waals surface area (Å²) >= 11 is 0. The Balaban J connectivity index is 0.000000437. The minimum Gasteiger partial charge on any atom is -0.271 e. The number of hydrogen-bond acceptors (Lipinski definition) is 4. The first-order chi connectivity index (χ1) is 7.83. The van der Waals surface area contributed by atoms with E-state index in [4.69, 9.17) is 23.4 Å². The van der Waals surface area contributed by atoms with Crippen molar-refractivity contribution in [2.24, 2.45) is 5.84 Å². The molecule has 7 heteroatoms. The fourth-order valence-corrected chi connectivity index (χ4v) is 1.11. The molecule has 17 heavy (non-hydrogen) atoms. The number of rotatable bonds is 4. The fraction of sp³-hybridized carbons (Fsp3) is 0.400. The topological polar surface area (TPSA) is 113 Å². The summed E-state index contributed by atoms with van der Waals surface area (Å²) in [5, 5.41) is 0. The van der Waals surface area contributed by atoms with Gasteiger partial charge in [0.25, 0.3) is 0 Å². The molecule has 1 aromatic rings. The highest BCUT2D eigenvalue weighted by Gasteiger charge is 1.98. The van der Waals surface area contributed by atoms with E-state index in [1.165, 1.54) is 5.56 Å². The normalized spacial score (nSPS) is 12.5. The van der Waals surface area contributed by atoms with E-state index in [9.17, 15) is 0 Å². The van der Waals surface area contributed by atoms with E-state index in [2.05, 4.69) is 36.6 Å². The van der Waals surface area contributed by atoms with Gasteiger partial charge in [0.1, 0.15) is 0 Å². The molecule has 1 unspecified atom stereocenters. The van der Waals surface area contributed by atoms with Crippen LogP contribution < -0.4 is 11.3 Å². The molecule has 0 aromatic heterocycles. The Morgan fingerprint density at radius 2 is 1.76 bits per heavy atom. The van der Waals surface area contributed by atoms with E-state index < -0.39 is 10.4 Å². The second-order valence-corrected chi connectivity index (χ2v) is 4.44. The zero-order chi connectivity index (χ0) is 13.3. The van der Waals surface area contributed by atoms with Gasteiger partial charge in [-0.3, -0.25) is 20.4 Å². The van der Waals surface area contributed by atoms with Crippen molar-refractivity contribution in [3.05, 3.63) is 35.9 Å². The SMILES string of the molecule is CC(CCc1ccccc1)NN.O=S(=O)(O)O. The van der Waals surface area contributed by atoms with Crippen LogP contribution in [0.3, 0.4) is 0 Å². The Morgan fingerprint density at radius 1 is 1.29 bits per heavy atom. The van der Waals surface area contributed by atoms with Gasteiger partial charge in [0.15, 0.2) is 0 Å². The molecule has 0 aliphatic carbocycles. The maximum absolute atomic E-state index is 8.74. The maximum atomic E-state index is 8.74. The molecule has 0 radical (unpaired) electrons. The highest BCUT2D eigenvalue weighted by Crippen LogP contribution is 2.03. The predicted molar refractivity (Wildman–Crippen MR) is 65.7 cm³/mol. The van der Waals surface area contributed by atoms with Crippen LogP contribution in [-0.4, -0.2) is 23.6 Å². The van der Waals surface area contributed by atoms with Gasteiger partial charge in [-0.1, -0.05) is 30.3 Å². The Hall–Kier alpha value is -0.990. The van der Waals surface area contributed by atoms with Gasteiger partial charge in [0.2, 0.25) is 0 Å². The molecule has 1 rings (SSSR count). The van der Waals surface area contributed by atoms with Crippen molar-refractivity contribution < 1.29 is 17.5 Å².